The molecule has 19 heavy (non-hydrogen) atoms. The van der Waals surface area contributed by atoms with E-state index in [9.17, 15) is 9.59 Å². The Balaban J connectivity index is 1.82. The second-order valence-corrected chi connectivity index (χ2v) is 4.49. The van der Waals surface area contributed by atoms with Gasteiger partial charge in [0, 0.05) is 24.7 Å². The van der Waals surface area contributed by atoms with Gasteiger partial charge >= 0.3 is 12.0 Å². The molecule has 0 spiro atoms. The van der Waals surface area contributed by atoms with Gasteiger partial charge in [0.05, 0.1) is 18.1 Å². The standard InChI is InChI=1S/C13H13N3O3/c14-6-9-1-3-11(4-2-9)15-13(19)16-7-10(8-16)5-12(17)18/h1-4,10H,5,7-8H2,(H,15,19)(H,17,18). The minimum absolute atomic E-state index is 0.0456. The minimum atomic E-state index is -0.836. The highest BCUT2D eigenvalue weighted by molar-refractivity contribution is 5.90. The summed E-state index contributed by atoms with van der Waals surface area (Å²) in [5.74, 6) is -0.790. The maximum Gasteiger partial charge on any atom is 0.321 e. The highest BCUT2D eigenvalue weighted by Gasteiger charge is 2.31. The first kappa shape index (κ1) is 12.9. The number of carboxylic acid groups (broad SMARTS) is 1. The Labute approximate surface area is 110 Å². The average Bonchev–Trinajstić information content (AvgIpc) is 2.33. The third-order valence-electron chi connectivity index (χ3n) is 2.97. The van der Waals surface area contributed by atoms with Crippen molar-refractivity contribution in [3.8, 4) is 6.07 Å². The zero-order valence-corrected chi connectivity index (χ0v) is 10.2. The van der Waals surface area contributed by atoms with Crippen LogP contribution < -0.4 is 5.32 Å². The lowest BCUT2D eigenvalue weighted by atomic mass is 9.97. The van der Waals surface area contributed by atoms with Crippen molar-refractivity contribution < 1.29 is 14.7 Å². The fraction of sp³-hybridized carbons (Fsp3) is 0.308. The van der Waals surface area contributed by atoms with Crippen LogP contribution in [-0.4, -0.2) is 35.1 Å². The molecule has 0 radical (unpaired) electrons. The Bertz CT molecular complexity index is 527. The molecule has 6 heteroatoms. The largest absolute Gasteiger partial charge is 0.481 e. The van der Waals surface area contributed by atoms with Gasteiger partial charge in [0.1, 0.15) is 0 Å². The van der Waals surface area contributed by atoms with Gasteiger partial charge in [0.2, 0.25) is 0 Å². The van der Waals surface area contributed by atoms with Gasteiger partial charge in [-0.2, -0.15) is 5.26 Å². The first-order valence-electron chi connectivity index (χ1n) is 5.86. The first-order valence-corrected chi connectivity index (χ1v) is 5.86. The molecule has 1 heterocycles. The molecule has 0 saturated carbocycles. The van der Waals surface area contributed by atoms with Crippen molar-refractivity contribution in [1.29, 1.82) is 5.26 Å². The second kappa shape index (κ2) is 5.40. The Kier molecular flexibility index (Phi) is 3.66. The zero-order chi connectivity index (χ0) is 13.8. The number of nitriles is 1. The van der Waals surface area contributed by atoms with Gasteiger partial charge in [-0.05, 0) is 24.3 Å². The van der Waals surface area contributed by atoms with E-state index >= 15 is 0 Å². The lowest BCUT2D eigenvalue weighted by Gasteiger charge is -2.38. The number of aliphatic carboxylic acids is 1. The van der Waals surface area contributed by atoms with Crippen LogP contribution in [0.25, 0.3) is 0 Å². The number of anilines is 1. The molecular formula is C13H13N3O3. The number of benzene rings is 1. The van der Waals surface area contributed by atoms with Crippen LogP contribution in [0.5, 0.6) is 0 Å². The number of hydrogen-bond acceptors (Lipinski definition) is 3. The Morgan fingerprint density at radius 1 is 1.37 bits per heavy atom. The lowest BCUT2D eigenvalue weighted by Crippen LogP contribution is -2.52. The first-order chi connectivity index (χ1) is 9.08. The van der Waals surface area contributed by atoms with Crippen LogP contribution in [0.2, 0.25) is 0 Å². The van der Waals surface area contributed by atoms with Gasteiger partial charge in [0.15, 0.2) is 0 Å². The molecule has 1 aliphatic rings. The maximum absolute atomic E-state index is 11.8. The summed E-state index contributed by atoms with van der Waals surface area (Å²) < 4.78 is 0. The predicted octanol–water partition coefficient (Wildman–Crippen LogP) is 1.50. The summed E-state index contributed by atoms with van der Waals surface area (Å²) in [5, 5.41) is 20.0. The highest BCUT2D eigenvalue weighted by atomic mass is 16.4. The van der Waals surface area contributed by atoms with Crippen molar-refractivity contribution in [3.05, 3.63) is 29.8 Å². The van der Waals surface area contributed by atoms with Crippen LogP contribution in [0.3, 0.4) is 0 Å². The topological polar surface area (TPSA) is 93.4 Å². The summed E-state index contributed by atoms with van der Waals surface area (Å²) in [6.07, 6.45) is 0.0979. The van der Waals surface area contributed by atoms with Crippen LogP contribution in [-0.2, 0) is 4.79 Å². The highest BCUT2D eigenvalue weighted by Crippen LogP contribution is 2.20. The van der Waals surface area contributed by atoms with E-state index in [2.05, 4.69) is 5.32 Å². The molecule has 1 aliphatic heterocycles. The van der Waals surface area contributed by atoms with Gasteiger partial charge in [-0.25, -0.2) is 4.79 Å². The fourth-order valence-corrected chi connectivity index (χ4v) is 1.94. The summed E-state index contributed by atoms with van der Waals surface area (Å²) in [4.78, 5) is 23.8. The van der Waals surface area contributed by atoms with E-state index in [1.807, 2.05) is 6.07 Å². The van der Waals surface area contributed by atoms with Gasteiger partial charge in [-0.3, -0.25) is 4.79 Å². The summed E-state index contributed by atoms with van der Waals surface area (Å²) in [5.41, 5.74) is 1.15. The smallest absolute Gasteiger partial charge is 0.321 e. The summed E-state index contributed by atoms with van der Waals surface area (Å²) in [6, 6.07) is 8.32. The monoisotopic (exact) mass is 259 g/mol. The summed E-state index contributed by atoms with van der Waals surface area (Å²) in [7, 11) is 0. The number of likely N-dealkylation sites (tertiary alicyclic amines) is 1. The second-order valence-electron chi connectivity index (χ2n) is 4.49. The molecule has 1 aromatic carbocycles. The normalized spacial score (nSPS) is 14.4. The van der Waals surface area contributed by atoms with Crippen LogP contribution in [0.15, 0.2) is 24.3 Å². The van der Waals surface area contributed by atoms with E-state index in [0.717, 1.165) is 0 Å². The van der Waals surface area contributed by atoms with Gasteiger partial charge in [-0.15, -0.1) is 0 Å². The van der Waals surface area contributed by atoms with Crippen LogP contribution in [0, 0.1) is 17.2 Å². The lowest BCUT2D eigenvalue weighted by molar-refractivity contribution is -0.139. The molecule has 1 aromatic rings. The van der Waals surface area contributed by atoms with Crippen molar-refractivity contribution in [3.63, 3.8) is 0 Å². The van der Waals surface area contributed by atoms with E-state index in [0.29, 0.717) is 24.3 Å². The van der Waals surface area contributed by atoms with Crippen LogP contribution >= 0.6 is 0 Å². The van der Waals surface area contributed by atoms with Crippen molar-refractivity contribution >= 4 is 17.7 Å². The molecule has 0 aliphatic carbocycles. The average molecular weight is 259 g/mol. The van der Waals surface area contributed by atoms with Crippen LogP contribution in [0.4, 0.5) is 10.5 Å². The zero-order valence-electron chi connectivity index (χ0n) is 10.2. The van der Waals surface area contributed by atoms with Gasteiger partial charge in [0.25, 0.3) is 0 Å². The number of amides is 2. The van der Waals surface area contributed by atoms with Crippen LogP contribution in [0.1, 0.15) is 12.0 Å². The van der Waals surface area contributed by atoms with E-state index in [1.165, 1.54) is 0 Å². The Hall–Kier alpha value is -2.55. The third-order valence-corrected chi connectivity index (χ3v) is 2.97. The SMILES string of the molecule is N#Cc1ccc(NC(=O)N2CC(CC(=O)O)C2)cc1. The fourth-order valence-electron chi connectivity index (χ4n) is 1.94. The molecule has 0 aromatic heterocycles. The molecule has 0 bridgehead atoms. The Morgan fingerprint density at radius 2 is 2.00 bits per heavy atom. The minimum Gasteiger partial charge on any atom is -0.481 e. The van der Waals surface area contributed by atoms with Gasteiger partial charge in [-0.1, -0.05) is 0 Å². The van der Waals surface area contributed by atoms with Crippen molar-refractivity contribution in [2.24, 2.45) is 5.92 Å². The van der Waals surface area contributed by atoms with E-state index in [4.69, 9.17) is 10.4 Å². The van der Waals surface area contributed by atoms with E-state index in [1.54, 1.807) is 29.2 Å². The molecule has 98 valence electrons. The Morgan fingerprint density at radius 3 is 2.53 bits per heavy atom. The third kappa shape index (κ3) is 3.22. The van der Waals surface area contributed by atoms with Crippen molar-refractivity contribution in [1.82, 2.24) is 4.90 Å². The summed E-state index contributed by atoms with van der Waals surface area (Å²) >= 11 is 0. The molecule has 2 N–H and O–H groups in total. The van der Waals surface area contributed by atoms with E-state index < -0.39 is 5.97 Å². The molecule has 1 saturated heterocycles. The number of nitrogens with zero attached hydrogens (tertiary/aromatic N) is 2. The van der Waals surface area contributed by atoms with Crippen molar-refractivity contribution in [2.75, 3.05) is 18.4 Å². The molecule has 1 fully saturated rings. The number of carbonyl (C=O) groups excluding carboxylic acids is 1. The predicted molar refractivity (Wildman–Crippen MR) is 67.5 cm³/mol. The number of nitrogens with one attached hydrogen (secondary N) is 1. The maximum atomic E-state index is 11.8. The van der Waals surface area contributed by atoms with E-state index in [-0.39, 0.29) is 18.4 Å². The van der Waals surface area contributed by atoms with Crippen molar-refractivity contribution in [2.45, 2.75) is 6.42 Å². The molecule has 2 amide bonds. The van der Waals surface area contributed by atoms with Gasteiger partial charge < -0.3 is 15.3 Å². The molecule has 0 atom stereocenters. The number of carbonyl (C=O) groups is 2. The quantitative estimate of drug-likeness (QED) is 0.860. The number of rotatable bonds is 3. The molecule has 0 unspecified atom stereocenters. The number of carboxylic acids is 1. The molecule has 2 rings (SSSR count). The molecular weight excluding hydrogens is 246 g/mol. The number of hydrogen-bond donors (Lipinski definition) is 2. The summed E-state index contributed by atoms with van der Waals surface area (Å²) in [6.45, 7) is 0.933. The number of urea groups is 1. The molecule has 6 nitrogen and oxygen atoms in total.